The lowest BCUT2D eigenvalue weighted by Crippen LogP contribution is -2.48. The molecule has 5 rings (SSSR count). The summed E-state index contributed by atoms with van der Waals surface area (Å²) in [6.07, 6.45) is 3.79. The molecule has 4 bridgehead atoms. The summed E-state index contributed by atoms with van der Waals surface area (Å²) in [7, 11) is 1.54. The summed E-state index contributed by atoms with van der Waals surface area (Å²) in [6.45, 7) is 4.91. The highest BCUT2D eigenvalue weighted by molar-refractivity contribution is 6.00. The predicted octanol–water partition coefficient (Wildman–Crippen LogP) is 5.29. The third-order valence-electron chi connectivity index (χ3n) is 11.3. The topological polar surface area (TPSA) is 223 Å². The Bertz CT molecular complexity index is 2170. The molecule has 9 N–H and O–H groups in total. The Labute approximate surface area is 364 Å². The van der Waals surface area contributed by atoms with E-state index in [1.807, 2.05) is 18.2 Å². The van der Waals surface area contributed by atoms with E-state index in [2.05, 4.69) is 36.5 Å². The van der Waals surface area contributed by atoms with E-state index in [0.717, 1.165) is 30.4 Å². The van der Waals surface area contributed by atoms with E-state index < -0.39 is 47.4 Å². The van der Waals surface area contributed by atoms with E-state index in [1.54, 1.807) is 56.4 Å². The van der Waals surface area contributed by atoms with Crippen molar-refractivity contribution < 1.29 is 33.4 Å². The Morgan fingerprint density at radius 2 is 1.40 bits per heavy atom. The van der Waals surface area contributed by atoms with Gasteiger partial charge in [0.2, 0.25) is 17.7 Å². The highest BCUT2D eigenvalue weighted by Crippen LogP contribution is 2.41. The number of primary amides is 1. The molecule has 13 nitrogen and oxygen atoms in total. The van der Waals surface area contributed by atoms with Crippen molar-refractivity contribution in [2.24, 2.45) is 34.8 Å². The normalized spacial score (nSPS) is 17.0. The third kappa shape index (κ3) is 12.1. The number of rotatable bonds is 19. The van der Waals surface area contributed by atoms with Gasteiger partial charge in [-0.2, -0.15) is 0 Å². The number of ketones is 2. The van der Waals surface area contributed by atoms with Gasteiger partial charge in [-0.3, -0.25) is 24.0 Å². The number of nitrogens with one attached hydrogen (secondary N) is 1. The maximum atomic E-state index is 14.7. The number of aryl methyl sites for hydroxylation is 1. The second-order valence-corrected chi connectivity index (χ2v) is 16.1. The lowest BCUT2D eigenvalue weighted by atomic mass is 9.88. The average Bonchev–Trinajstić information content (AvgIpc) is 3.27. The van der Waals surface area contributed by atoms with E-state index in [1.165, 1.54) is 10.5 Å². The molecular weight excluding hydrogens is 785 g/mol. The molecule has 1 heterocycles. The summed E-state index contributed by atoms with van der Waals surface area (Å²) in [5.41, 5.74) is 29.4. The van der Waals surface area contributed by atoms with Gasteiger partial charge in [0.15, 0.2) is 11.6 Å². The molecule has 1 aliphatic rings. The molecule has 0 fully saturated rings. The maximum Gasteiger partial charge on any atom is 0.240 e. The van der Waals surface area contributed by atoms with Crippen LogP contribution >= 0.6 is 0 Å². The molecule has 4 atom stereocenters. The van der Waals surface area contributed by atoms with Gasteiger partial charge in [-0.05, 0) is 84.3 Å². The smallest absolute Gasteiger partial charge is 0.240 e. The van der Waals surface area contributed by atoms with Gasteiger partial charge in [-0.25, -0.2) is 0 Å². The predicted molar refractivity (Wildman–Crippen MR) is 241 cm³/mol. The number of likely N-dealkylation sites (N-methyl/N-ethyl adjacent to an activating group) is 1. The van der Waals surface area contributed by atoms with Gasteiger partial charge >= 0.3 is 0 Å². The van der Waals surface area contributed by atoms with Crippen molar-refractivity contribution in [1.29, 1.82) is 0 Å². The Kier molecular flexibility index (Phi) is 17.4. The molecule has 4 aromatic rings. The standard InChI is InChI=1S/C49H62N6O7/c1-4-5-7-32-9-12-34(13-10-32)35-14-16-36(17-15-35)42(56)30-38(8-6-21-50)49(60)55(3)46-37-18-20-45(62-25-23-52)40(29-37)39-27-33(11-19-44(39)61-24-22-51)28-41(47(53)58)54-48(59)31(2)26-43(46)57/h9-20,27,29,31,38,41,46H,4-8,21-26,28,30,50-52H2,1-3H3,(H2,53,58)(H,54,59)/t31-,38-,41+,46+/m1/s1. The maximum absolute atomic E-state index is 14.7. The lowest BCUT2D eigenvalue weighted by Gasteiger charge is -2.32. The molecule has 0 unspecified atom stereocenters. The highest BCUT2D eigenvalue weighted by Gasteiger charge is 2.36. The molecule has 0 aromatic heterocycles. The minimum Gasteiger partial charge on any atom is -0.492 e. The molecule has 330 valence electrons. The van der Waals surface area contributed by atoms with Crippen molar-refractivity contribution in [2.45, 2.75) is 77.3 Å². The number of hydrogen-bond acceptors (Lipinski definition) is 10. The van der Waals surface area contributed by atoms with Crippen LogP contribution in [0.3, 0.4) is 0 Å². The van der Waals surface area contributed by atoms with Crippen molar-refractivity contribution in [2.75, 3.05) is 39.9 Å². The van der Waals surface area contributed by atoms with Gasteiger partial charge in [0, 0.05) is 67.9 Å². The molecule has 0 spiro atoms. The highest BCUT2D eigenvalue weighted by atomic mass is 16.5. The summed E-state index contributed by atoms with van der Waals surface area (Å²) < 4.78 is 12.2. The number of ether oxygens (including phenoxy) is 2. The fraction of sp³-hybridized carbons (Fsp3) is 0.408. The zero-order valence-electron chi connectivity index (χ0n) is 36.2. The number of Topliss-reactive ketones (excluding diaryl/α,β-unsaturated/α-hetero) is 2. The number of amides is 3. The Morgan fingerprint density at radius 1 is 0.790 bits per heavy atom. The summed E-state index contributed by atoms with van der Waals surface area (Å²) in [5.74, 6) is -3.13. The second kappa shape index (κ2) is 22.8. The third-order valence-corrected chi connectivity index (χ3v) is 11.3. The molecule has 13 heteroatoms. The minimum atomic E-state index is -1.19. The SMILES string of the molecule is CCCCc1ccc(-c2ccc(C(=O)C[C@@H](CCCN)C(=O)N(C)[C@@H]3C(=O)C[C@@H](C)C(=O)N[C@H](C(N)=O)Cc4ccc(OCCN)c(c4)-c4cc3ccc4OCCN)cc2)cc1. The van der Waals surface area contributed by atoms with E-state index >= 15 is 0 Å². The first-order valence-corrected chi connectivity index (χ1v) is 21.6. The van der Waals surface area contributed by atoms with E-state index in [-0.39, 0.29) is 51.3 Å². The molecule has 62 heavy (non-hydrogen) atoms. The Balaban J connectivity index is 1.53. The van der Waals surface area contributed by atoms with Gasteiger partial charge in [0.1, 0.15) is 36.8 Å². The molecule has 0 aliphatic carbocycles. The number of fused-ring (bicyclic) bond motifs is 5. The van der Waals surface area contributed by atoms with Crippen LogP contribution in [0, 0.1) is 11.8 Å². The summed E-state index contributed by atoms with van der Waals surface area (Å²) in [4.78, 5) is 70.8. The molecular formula is C49H62N6O7. The van der Waals surface area contributed by atoms with Crippen molar-refractivity contribution in [1.82, 2.24) is 10.2 Å². The van der Waals surface area contributed by atoms with Crippen LogP contribution in [0.1, 0.15) is 85.5 Å². The molecule has 0 saturated heterocycles. The lowest BCUT2D eigenvalue weighted by molar-refractivity contribution is -0.142. The van der Waals surface area contributed by atoms with Gasteiger partial charge in [-0.1, -0.05) is 80.9 Å². The fourth-order valence-electron chi connectivity index (χ4n) is 7.86. The number of benzene rings is 4. The average molecular weight is 847 g/mol. The Morgan fingerprint density at radius 3 is 2.00 bits per heavy atom. The number of hydrogen-bond donors (Lipinski definition) is 5. The van der Waals surface area contributed by atoms with Crippen LogP contribution in [0.2, 0.25) is 0 Å². The quantitative estimate of drug-likeness (QED) is 0.0768. The van der Waals surface area contributed by atoms with Gasteiger partial charge < -0.3 is 42.6 Å². The molecule has 1 aliphatic heterocycles. The largest absolute Gasteiger partial charge is 0.492 e. The number of nitrogens with two attached hydrogens (primary N) is 4. The van der Waals surface area contributed by atoms with Crippen LogP contribution in [-0.2, 0) is 32.0 Å². The zero-order chi connectivity index (χ0) is 44.8. The van der Waals surface area contributed by atoms with Crippen molar-refractivity contribution in [3.05, 3.63) is 107 Å². The van der Waals surface area contributed by atoms with E-state index in [0.29, 0.717) is 58.7 Å². The molecule has 0 saturated carbocycles. The second-order valence-electron chi connectivity index (χ2n) is 16.1. The van der Waals surface area contributed by atoms with Gasteiger partial charge in [0.25, 0.3) is 0 Å². The molecule has 0 radical (unpaired) electrons. The molecule has 4 aromatic carbocycles. The van der Waals surface area contributed by atoms with Gasteiger partial charge in [-0.15, -0.1) is 0 Å². The summed E-state index contributed by atoms with van der Waals surface area (Å²) >= 11 is 0. The van der Waals surface area contributed by atoms with Crippen molar-refractivity contribution >= 4 is 29.3 Å². The first-order chi connectivity index (χ1) is 29.9. The monoisotopic (exact) mass is 846 g/mol. The van der Waals surface area contributed by atoms with Crippen LogP contribution < -0.4 is 37.7 Å². The van der Waals surface area contributed by atoms with Crippen molar-refractivity contribution in [3.8, 4) is 33.8 Å². The molecule has 3 amide bonds. The number of carbonyl (C=O) groups is 5. The number of unbranched alkanes of at least 4 members (excludes halogenated alkanes) is 1. The van der Waals surface area contributed by atoms with E-state index in [4.69, 9.17) is 32.4 Å². The minimum absolute atomic E-state index is 0.0739. The fourth-order valence-corrected chi connectivity index (χ4v) is 7.86. The van der Waals surface area contributed by atoms with Gasteiger partial charge in [0.05, 0.1) is 0 Å². The summed E-state index contributed by atoms with van der Waals surface area (Å²) in [6, 6.07) is 24.1. The first-order valence-electron chi connectivity index (χ1n) is 21.6. The Hall–Kier alpha value is -5.89. The van der Waals surface area contributed by atoms with Crippen LogP contribution in [0.25, 0.3) is 22.3 Å². The number of carbonyl (C=O) groups excluding carboxylic acids is 5. The summed E-state index contributed by atoms with van der Waals surface area (Å²) in [5, 5.41) is 2.73. The van der Waals surface area contributed by atoms with Crippen LogP contribution in [0.15, 0.2) is 84.9 Å². The van der Waals surface area contributed by atoms with Crippen LogP contribution in [0.4, 0.5) is 0 Å². The van der Waals surface area contributed by atoms with E-state index in [9.17, 15) is 24.0 Å². The number of nitrogens with zero attached hydrogens (tertiary/aromatic N) is 1. The first kappa shape index (κ1) is 47.2. The van der Waals surface area contributed by atoms with Crippen molar-refractivity contribution in [3.63, 3.8) is 0 Å². The van der Waals surface area contributed by atoms with Crippen LogP contribution in [-0.4, -0.2) is 80.1 Å². The zero-order valence-corrected chi connectivity index (χ0v) is 36.2. The van der Waals surface area contributed by atoms with Crippen LogP contribution in [0.5, 0.6) is 11.5 Å².